The van der Waals surface area contributed by atoms with E-state index in [0.29, 0.717) is 4.47 Å². The van der Waals surface area contributed by atoms with Gasteiger partial charge in [0.15, 0.2) is 5.82 Å². The van der Waals surface area contributed by atoms with Crippen molar-refractivity contribution in [3.63, 3.8) is 0 Å². The molecule has 114 valence electrons. The highest BCUT2D eigenvalue weighted by atomic mass is 79.9. The normalized spacial score (nSPS) is 12.7. The molecule has 0 unspecified atom stereocenters. The largest absolute Gasteiger partial charge is 0.296 e. The number of benzene rings is 1. The number of hydrogen-bond acceptors (Lipinski definition) is 4. The second-order valence-corrected chi connectivity index (χ2v) is 8.75. The van der Waals surface area contributed by atoms with E-state index in [2.05, 4.69) is 26.1 Å². The van der Waals surface area contributed by atoms with Gasteiger partial charge in [0.25, 0.3) is 14.2 Å². The number of aromatic nitrogens is 3. The van der Waals surface area contributed by atoms with E-state index < -0.39 is 25.6 Å². The van der Waals surface area contributed by atoms with E-state index >= 15 is 0 Å². The molecule has 1 aromatic heterocycles. The van der Waals surface area contributed by atoms with Crippen LogP contribution in [0.25, 0.3) is 11.4 Å². The molecular weight excluding hydrogens is 385 g/mol. The summed E-state index contributed by atoms with van der Waals surface area (Å²) in [5.41, 5.74) is -0.566. The van der Waals surface area contributed by atoms with E-state index in [4.69, 9.17) is 10.7 Å². The minimum Gasteiger partial charge on any atom is -0.291 e. The first-order chi connectivity index (χ1) is 9.51. The Morgan fingerprint density at radius 1 is 1.29 bits per heavy atom. The van der Waals surface area contributed by atoms with Crippen molar-refractivity contribution in [3.05, 3.63) is 28.5 Å². The highest BCUT2D eigenvalue weighted by molar-refractivity contribution is 9.10. The summed E-state index contributed by atoms with van der Waals surface area (Å²) >= 11 is 3.25. The molecule has 21 heavy (non-hydrogen) atoms. The van der Waals surface area contributed by atoms with Gasteiger partial charge in [-0.1, -0.05) is 15.9 Å². The molecule has 0 atom stereocenters. The van der Waals surface area contributed by atoms with Gasteiger partial charge in [0.2, 0.25) is 0 Å². The molecule has 0 saturated carbocycles. The lowest BCUT2D eigenvalue weighted by atomic mass is 10.1. The quantitative estimate of drug-likeness (QED) is 0.729. The summed E-state index contributed by atoms with van der Waals surface area (Å²) in [6, 6.07) is 4.30. The van der Waals surface area contributed by atoms with Crippen LogP contribution in [0.3, 0.4) is 0 Å². The Morgan fingerprint density at radius 2 is 1.90 bits per heavy atom. The van der Waals surface area contributed by atoms with Crippen molar-refractivity contribution in [1.82, 2.24) is 14.8 Å². The molecule has 9 heteroatoms. The van der Waals surface area contributed by atoms with Crippen LogP contribution < -0.4 is 0 Å². The summed E-state index contributed by atoms with van der Waals surface area (Å²) in [6.07, 6.45) is 0. The molecule has 0 aliphatic rings. The molecule has 0 amide bonds. The molecule has 0 aliphatic heterocycles. The van der Waals surface area contributed by atoms with Crippen molar-refractivity contribution < 1.29 is 12.8 Å². The Labute approximate surface area is 134 Å². The lowest BCUT2D eigenvalue weighted by molar-refractivity contribution is 0.366. The standard InChI is InChI=1S/C12H12BrClFN3O2S/c1-12(2,3)18-10(16-17-11(18)21(14,19)20)8-6-7(13)4-5-9(8)15/h4-6H,1-3H3. The molecule has 0 aliphatic carbocycles. The first kappa shape index (κ1) is 16.4. The van der Waals surface area contributed by atoms with E-state index in [1.807, 2.05) is 0 Å². The molecule has 2 aromatic rings. The van der Waals surface area contributed by atoms with Gasteiger partial charge >= 0.3 is 0 Å². The zero-order valence-corrected chi connectivity index (χ0v) is 14.6. The van der Waals surface area contributed by atoms with Gasteiger partial charge in [-0.3, -0.25) is 4.57 Å². The fourth-order valence-electron chi connectivity index (χ4n) is 1.88. The van der Waals surface area contributed by atoms with Crippen LogP contribution in [0.2, 0.25) is 0 Å². The zero-order valence-electron chi connectivity index (χ0n) is 11.4. The maximum Gasteiger partial charge on any atom is 0.296 e. The number of halogens is 3. The molecule has 0 fully saturated rings. The molecule has 5 nitrogen and oxygen atoms in total. The molecule has 1 heterocycles. The predicted octanol–water partition coefficient (Wildman–Crippen LogP) is 3.53. The molecule has 1 aromatic carbocycles. The Morgan fingerprint density at radius 3 is 2.43 bits per heavy atom. The SMILES string of the molecule is CC(C)(C)n1c(-c2cc(Br)ccc2F)nnc1S(=O)(=O)Cl. The Hall–Kier alpha value is -0.990. The van der Waals surface area contributed by atoms with Crippen LogP contribution in [0.4, 0.5) is 4.39 Å². The van der Waals surface area contributed by atoms with Crippen molar-refractivity contribution in [1.29, 1.82) is 0 Å². The third-order valence-corrected chi connectivity index (χ3v) is 4.30. The van der Waals surface area contributed by atoms with Crippen LogP contribution in [0.5, 0.6) is 0 Å². The van der Waals surface area contributed by atoms with E-state index in [-0.39, 0.29) is 11.4 Å². The summed E-state index contributed by atoms with van der Waals surface area (Å²) < 4.78 is 39.3. The van der Waals surface area contributed by atoms with Crippen molar-refractivity contribution in [3.8, 4) is 11.4 Å². The number of hydrogen-bond donors (Lipinski definition) is 0. The second-order valence-electron chi connectivity index (χ2n) is 5.37. The Kier molecular flexibility index (Phi) is 4.16. The fourth-order valence-corrected chi connectivity index (χ4v) is 3.25. The van der Waals surface area contributed by atoms with Crippen LogP contribution in [-0.4, -0.2) is 23.2 Å². The van der Waals surface area contributed by atoms with E-state index in [9.17, 15) is 12.8 Å². The lowest BCUT2D eigenvalue weighted by Gasteiger charge is -2.24. The first-order valence-corrected chi connectivity index (χ1v) is 8.98. The van der Waals surface area contributed by atoms with Crippen molar-refractivity contribution in [2.24, 2.45) is 0 Å². The molecule has 0 bridgehead atoms. The van der Waals surface area contributed by atoms with Gasteiger partial charge in [0.05, 0.1) is 5.56 Å². The molecule has 2 rings (SSSR count). The Bertz CT molecular complexity index is 799. The fraction of sp³-hybridized carbons (Fsp3) is 0.333. The Balaban J connectivity index is 2.83. The molecule has 0 saturated heterocycles. The maximum absolute atomic E-state index is 14.0. The average Bonchev–Trinajstić information content (AvgIpc) is 2.76. The van der Waals surface area contributed by atoms with Crippen molar-refractivity contribution >= 4 is 35.7 Å². The van der Waals surface area contributed by atoms with Gasteiger partial charge in [0, 0.05) is 20.7 Å². The highest BCUT2D eigenvalue weighted by Gasteiger charge is 2.31. The zero-order chi connectivity index (χ0) is 16.0. The van der Waals surface area contributed by atoms with Gasteiger partial charge in [-0.05, 0) is 39.0 Å². The number of rotatable bonds is 2. The third kappa shape index (κ3) is 3.27. The summed E-state index contributed by atoms with van der Waals surface area (Å²) in [5.74, 6) is -0.435. The van der Waals surface area contributed by atoms with Crippen LogP contribution in [0.1, 0.15) is 20.8 Å². The predicted molar refractivity (Wildman–Crippen MR) is 81.2 cm³/mol. The van der Waals surface area contributed by atoms with Crippen LogP contribution >= 0.6 is 26.6 Å². The average molecular weight is 397 g/mol. The lowest BCUT2D eigenvalue weighted by Crippen LogP contribution is -2.26. The van der Waals surface area contributed by atoms with Crippen LogP contribution in [0, 0.1) is 5.82 Å². The van der Waals surface area contributed by atoms with Gasteiger partial charge in [0.1, 0.15) is 5.82 Å². The number of nitrogens with zero attached hydrogens (tertiary/aromatic N) is 3. The molecular formula is C12H12BrClFN3O2S. The molecule has 0 N–H and O–H groups in total. The first-order valence-electron chi connectivity index (χ1n) is 5.88. The summed E-state index contributed by atoms with van der Waals surface area (Å²) in [6.45, 7) is 5.25. The van der Waals surface area contributed by atoms with Gasteiger partial charge < -0.3 is 0 Å². The van der Waals surface area contributed by atoms with E-state index in [0.717, 1.165) is 0 Å². The summed E-state index contributed by atoms with van der Waals surface area (Å²) in [4.78, 5) is 0. The van der Waals surface area contributed by atoms with Crippen molar-refractivity contribution in [2.45, 2.75) is 31.5 Å². The van der Waals surface area contributed by atoms with Gasteiger partial charge in [-0.15, -0.1) is 10.2 Å². The third-order valence-electron chi connectivity index (χ3n) is 2.69. The van der Waals surface area contributed by atoms with E-state index in [1.54, 1.807) is 20.8 Å². The maximum atomic E-state index is 14.0. The van der Waals surface area contributed by atoms with Crippen LogP contribution in [0.15, 0.2) is 27.8 Å². The molecule has 0 spiro atoms. The van der Waals surface area contributed by atoms with Gasteiger partial charge in [-0.25, -0.2) is 12.8 Å². The highest BCUT2D eigenvalue weighted by Crippen LogP contribution is 2.32. The smallest absolute Gasteiger partial charge is 0.291 e. The van der Waals surface area contributed by atoms with Gasteiger partial charge in [-0.2, -0.15) is 0 Å². The van der Waals surface area contributed by atoms with E-state index in [1.165, 1.54) is 22.8 Å². The monoisotopic (exact) mass is 395 g/mol. The minimum absolute atomic E-state index is 0.0977. The van der Waals surface area contributed by atoms with Crippen LogP contribution in [-0.2, 0) is 14.6 Å². The van der Waals surface area contributed by atoms with Crippen molar-refractivity contribution in [2.75, 3.05) is 0 Å². The second kappa shape index (κ2) is 5.33. The summed E-state index contributed by atoms with van der Waals surface area (Å²) in [7, 11) is 1.29. The molecule has 0 radical (unpaired) electrons. The topological polar surface area (TPSA) is 64.8 Å². The minimum atomic E-state index is -4.10. The summed E-state index contributed by atoms with van der Waals surface area (Å²) in [5, 5.41) is 7.01.